The van der Waals surface area contributed by atoms with E-state index >= 15 is 0 Å². The fraction of sp³-hybridized carbons (Fsp3) is 0.562. The highest BCUT2D eigenvalue weighted by atomic mass is 19.4. The van der Waals surface area contributed by atoms with Gasteiger partial charge in [-0.05, 0) is 44.7 Å². The molecule has 5 heteroatoms. The molecule has 0 bridgehead atoms. The molecule has 2 nitrogen and oxygen atoms in total. The molecule has 1 aromatic carbocycles. The molecular formula is C16H19F3O2. The number of halogens is 3. The van der Waals surface area contributed by atoms with Crippen molar-refractivity contribution >= 4 is 5.78 Å². The van der Waals surface area contributed by atoms with Crippen LogP contribution in [0.5, 0.6) is 5.75 Å². The average molecular weight is 300 g/mol. The van der Waals surface area contributed by atoms with E-state index in [1.54, 1.807) is 24.3 Å². The molecule has 0 unspecified atom stereocenters. The smallest absolute Gasteiger partial charge is 0.391 e. The second-order valence-electron chi connectivity index (χ2n) is 5.42. The minimum Gasteiger partial charge on any atom is -0.494 e. The van der Waals surface area contributed by atoms with E-state index in [2.05, 4.69) is 0 Å². The lowest BCUT2D eigenvalue weighted by Gasteiger charge is -2.29. The van der Waals surface area contributed by atoms with Crippen LogP contribution in [0.2, 0.25) is 0 Å². The first-order valence-electron chi connectivity index (χ1n) is 7.25. The van der Waals surface area contributed by atoms with Crippen molar-refractivity contribution in [3.63, 3.8) is 0 Å². The lowest BCUT2D eigenvalue weighted by molar-refractivity contribution is -0.183. The summed E-state index contributed by atoms with van der Waals surface area (Å²) < 4.78 is 43.2. The maximum absolute atomic E-state index is 12.6. The van der Waals surface area contributed by atoms with Crippen LogP contribution in [-0.4, -0.2) is 18.6 Å². The van der Waals surface area contributed by atoms with Gasteiger partial charge < -0.3 is 4.74 Å². The molecule has 0 N–H and O–H groups in total. The summed E-state index contributed by atoms with van der Waals surface area (Å²) in [6, 6.07) is 6.86. The van der Waals surface area contributed by atoms with E-state index < -0.39 is 12.1 Å². The molecule has 1 saturated carbocycles. The average Bonchev–Trinajstić information content (AvgIpc) is 2.46. The van der Waals surface area contributed by atoms with Crippen molar-refractivity contribution in [2.75, 3.05) is 6.61 Å². The first-order chi connectivity index (χ1) is 9.91. The summed E-state index contributed by atoms with van der Waals surface area (Å²) in [6.07, 6.45) is -3.43. The Labute approximate surface area is 122 Å². The van der Waals surface area contributed by atoms with Gasteiger partial charge in [0, 0.05) is 11.5 Å². The Hall–Kier alpha value is -1.52. The van der Waals surface area contributed by atoms with E-state index in [1.807, 2.05) is 6.92 Å². The monoisotopic (exact) mass is 300 g/mol. The Bertz CT molecular complexity index is 489. The van der Waals surface area contributed by atoms with Gasteiger partial charge in [0.2, 0.25) is 0 Å². The van der Waals surface area contributed by atoms with Gasteiger partial charge in [-0.25, -0.2) is 0 Å². The van der Waals surface area contributed by atoms with Gasteiger partial charge in [-0.1, -0.05) is 12.1 Å². The molecule has 1 aromatic rings. The Balaban J connectivity index is 2.00. The summed E-state index contributed by atoms with van der Waals surface area (Å²) in [7, 11) is 0. The van der Waals surface area contributed by atoms with Crippen LogP contribution in [0.4, 0.5) is 13.2 Å². The van der Waals surface area contributed by atoms with Crippen LogP contribution in [0.15, 0.2) is 24.3 Å². The van der Waals surface area contributed by atoms with E-state index in [4.69, 9.17) is 4.74 Å². The summed E-state index contributed by atoms with van der Waals surface area (Å²) in [5.41, 5.74) is 0.524. The number of benzene rings is 1. The highest BCUT2D eigenvalue weighted by molar-refractivity contribution is 5.98. The molecule has 2 rings (SSSR count). The molecule has 1 fully saturated rings. The van der Waals surface area contributed by atoms with E-state index in [9.17, 15) is 18.0 Å². The topological polar surface area (TPSA) is 26.3 Å². The van der Waals surface area contributed by atoms with Crippen molar-refractivity contribution in [2.45, 2.75) is 38.8 Å². The van der Waals surface area contributed by atoms with Crippen LogP contribution in [0.3, 0.4) is 0 Å². The Morgan fingerprint density at radius 2 is 1.90 bits per heavy atom. The molecule has 116 valence electrons. The highest BCUT2D eigenvalue weighted by Crippen LogP contribution is 2.40. The third-order valence-corrected chi connectivity index (χ3v) is 3.99. The van der Waals surface area contributed by atoms with Gasteiger partial charge in [0.25, 0.3) is 0 Å². The number of hydrogen-bond acceptors (Lipinski definition) is 2. The number of Topliss-reactive ketones (excluding diaryl/α,β-unsaturated/α-hetero) is 1. The van der Waals surface area contributed by atoms with Gasteiger partial charge in [0.15, 0.2) is 5.78 Å². The predicted octanol–water partition coefficient (Wildman–Crippen LogP) is 4.64. The van der Waals surface area contributed by atoms with E-state index in [0.29, 0.717) is 30.8 Å². The summed E-state index contributed by atoms with van der Waals surface area (Å²) in [5, 5.41) is 0. The van der Waals surface area contributed by atoms with Crippen LogP contribution in [-0.2, 0) is 0 Å². The minimum atomic E-state index is -4.14. The zero-order valence-electron chi connectivity index (χ0n) is 12.0. The molecule has 0 saturated heterocycles. The summed E-state index contributed by atoms with van der Waals surface area (Å²) in [6.45, 7) is 2.36. The first-order valence-corrected chi connectivity index (χ1v) is 7.25. The van der Waals surface area contributed by atoms with E-state index in [1.165, 1.54) is 0 Å². The third-order valence-electron chi connectivity index (χ3n) is 3.99. The molecule has 0 heterocycles. The molecule has 0 aliphatic heterocycles. The van der Waals surface area contributed by atoms with Gasteiger partial charge in [0.1, 0.15) is 5.75 Å². The van der Waals surface area contributed by atoms with Crippen molar-refractivity contribution in [3.8, 4) is 5.75 Å². The molecular weight excluding hydrogens is 281 g/mol. The van der Waals surface area contributed by atoms with Crippen LogP contribution in [0, 0.1) is 11.8 Å². The summed E-state index contributed by atoms with van der Waals surface area (Å²) >= 11 is 0. The molecule has 0 aromatic heterocycles. The molecule has 0 amide bonds. The largest absolute Gasteiger partial charge is 0.494 e. The number of ether oxygens (including phenoxy) is 1. The van der Waals surface area contributed by atoms with Gasteiger partial charge in [0.05, 0.1) is 12.5 Å². The number of hydrogen-bond donors (Lipinski definition) is 0. The predicted molar refractivity (Wildman–Crippen MR) is 73.4 cm³/mol. The van der Waals surface area contributed by atoms with Crippen molar-refractivity contribution in [1.82, 2.24) is 0 Å². The lowest BCUT2D eigenvalue weighted by atomic mass is 9.78. The van der Waals surface area contributed by atoms with Crippen LogP contribution >= 0.6 is 0 Å². The van der Waals surface area contributed by atoms with Crippen molar-refractivity contribution in [3.05, 3.63) is 29.8 Å². The zero-order chi connectivity index (χ0) is 15.5. The maximum atomic E-state index is 12.6. The van der Waals surface area contributed by atoms with Crippen molar-refractivity contribution < 1.29 is 22.7 Å². The second kappa shape index (κ2) is 6.50. The summed E-state index contributed by atoms with van der Waals surface area (Å²) in [5.74, 6) is -1.01. The normalized spacial score (nSPS) is 22.9. The molecule has 0 atom stereocenters. The Kier molecular flexibility index (Phi) is 4.91. The minimum absolute atomic E-state index is 0.0467. The number of ketones is 1. The zero-order valence-corrected chi connectivity index (χ0v) is 12.0. The molecule has 0 spiro atoms. The summed E-state index contributed by atoms with van der Waals surface area (Å²) in [4.78, 5) is 12.4. The third kappa shape index (κ3) is 3.99. The van der Waals surface area contributed by atoms with Crippen LogP contribution in [0.1, 0.15) is 43.0 Å². The fourth-order valence-electron chi connectivity index (χ4n) is 2.82. The molecule has 1 aliphatic rings. The number of alkyl halides is 3. The first kappa shape index (κ1) is 15.9. The van der Waals surface area contributed by atoms with Gasteiger partial charge in [-0.3, -0.25) is 4.79 Å². The maximum Gasteiger partial charge on any atom is 0.391 e. The fourth-order valence-corrected chi connectivity index (χ4v) is 2.82. The van der Waals surface area contributed by atoms with Crippen LogP contribution < -0.4 is 4.74 Å². The Morgan fingerprint density at radius 1 is 1.24 bits per heavy atom. The van der Waals surface area contributed by atoms with E-state index in [-0.39, 0.29) is 24.5 Å². The second-order valence-corrected chi connectivity index (χ2v) is 5.42. The number of rotatable bonds is 4. The van der Waals surface area contributed by atoms with Gasteiger partial charge in [-0.15, -0.1) is 0 Å². The molecule has 0 radical (unpaired) electrons. The van der Waals surface area contributed by atoms with Crippen molar-refractivity contribution in [1.29, 1.82) is 0 Å². The van der Waals surface area contributed by atoms with E-state index in [0.717, 1.165) is 0 Å². The van der Waals surface area contributed by atoms with Crippen molar-refractivity contribution in [2.24, 2.45) is 11.8 Å². The molecule has 1 aliphatic carbocycles. The highest BCUT2D eigenvalue weighted by Gasteiger charge is 2.42. The Morgan fingerprint density at radius 3 is 2.48 bits per heavy atom. The SMILES string of the molecule is CCOc1cccc(C(=O)C2CCC(C(F)(F)F)CC2)c1. The standard InChI is InChI=1S/C16H19F3O2/c1-2-21-14-5-3-4-12(10-14)15(20)11-6-8-13(9-7-11)16(17,18)19/h3-5,10-11,13H,2,6-9H2,1H3. The van der Waals surface area contributed by atoms with Crippen LogP contribution in [0.25, 0.3) is 0 Å². The number of carbonyl (C=O) groups is 1. The van der Waals surface area contributed by atoms with Gasteiger partial charge in [-0.2, -0.15) is 13.2 Å². The lowest BCUT2D eigenvalue weighted by Crippen LogP contribution is -2.30. The quantitative estimate of drug-likeness (QED) is 0.757. The number of carbonyl (C=O) groups excluding carboxylic acids is 1. The molecule has 21 heavy (non-hydrogen) atoms. The van der Waals surface area contributed by atoms with Gasteiger partial charge >= 0.3 is 6.18 Å².